The Labute approximate surface area is 204 Å². The lowest BCUT2D eigenvalue weighted by Crippen LogP contribution is -2.32. The Kier molecular flexibility index (Phi) is 9.06. The van der Waals surface area contributed by atoms with Crippen LogP contribution in [0.25, 0.3) is 0 Å². The topological polar surface area (TPSA) is 74.3 Å². The second kappa shape index (κ2) is 12.4. The monoisotopic (exact) mass is 481 g/mol. The van der Waals surface area contributed by atoms with Gasteiger partial charge < -0.3 is 23.8 Å². The zero-order valence-electron chi connectivity index (χ0n) is 20.0. The summed E-state index contributed by atoms with van der Waals surface area (Å²) in [6, 6.07) is 18.1. The third-order valence-electron chi connectivity index (χ3n) is 5.35. The van der Waals surface area contributed by atoms with Crippen molar-refractivity contribution in [3.63, 3.8) is 0 Å². The summed E-state index contributed by atoms with van der Waals surface area (Å²) in [6.07, 6.45) is 0.594. The number of ether oxygens (including phenoxy) is 4. The summed E-state index contributed by atoms with van der Waals surface area (Å²) in [5.74, 6) is 0.236. The molecule has 0 aliphatic heterocycles. The molecule has 0 heterocycles. The number of likely N-dealkylation sites (N-methyl/N-ethyl adjacent to an activating group) is 1. The van der Waals surface area contributed by atoms with Crippen LogP contribution in [-0.2, 0) is 22.6 Å². The quantitative estimate of drug-likeness (QED) is 0.381. The number of carbonyl (C=O) groups excluding carboxylic acids is 2. The number of halogens is 1. The third kappa shape index (κ3) is 7.20. The number of methoxy groups -OCH3 is 2. The molecule has 3 rings (SSSR count). The van der Waals surface area contributed by atoms with Gasteiger partial charge >= 0.3 is 5.97 Å². The van der Waals surface area contributed by atoms with Gasteiger partial charge in [0.05, 0.1) is 14.2 Å². The minimum Gasteiger partial charge on any atom is -0.493 e. The normalized spacial score (nSPS) is 10.4. The molecule has 0 fully saturated rings. The largest absolute Gasteiger partial charge is 0.493 e. The molecule has 1 amide bonds. The Hall–Kier alpha value is -4.07. The Balaban J connectivity index is 1.51. The van der Waals surface area contributed by atoms with Gasteiger partial charge in [-0.3, -0.25) is 4.79 Å². The van der Waals surface area contributed by atoms with Crippen molar-refractivity contribution in [1.82, 2.24) is 4.90 Å². The lowest BCUT2D eigenvalue weighted by Gasteiger charge is -2.18. The Bertz CT molecular complexity index is 1150. The van der Waals surface area contributed by atoms with E-state index in [1.807, 2.05) is 18.2 Å². The minimum atomic E-state index is -0.665. The van der Waals surface area contributed by atoms with Crippen LogP contribution in [-0.4, -0.2) is 51.2 Å². The van der Waals surface area contributed by atoms with E-state index < -0.39 is 12.6 Å². The predicted octanol–water partition coefficient (Wildman–Crippen LogP) is 4.28. The molecule has 0 saturated heterocycles. The molecule has 0 aliphatic carbocycles. The number of hydrogen-bond donors (Lipinski definition) is 0. The first-order valence-electron chi connectivity index (χ1n) is 11.0. The van der Waals surface area contributed by atoms with E-state index in [9.17, 15) is 14.0 Å². The number of esters is 1. The molecule has 8 heteroatoms. The molecule has 0 aromatic heterocycles. The van der Waals surface area contributed by atoms with E-state index in [0.29, 0.717) is 30.2 Å². The molecule has 0 radical (unpaired) electrons. The van der Waals surface area contributed by atoms with Crippen molar-refractivity contribution < 1.29 is 32.9 Å². The molecule has 35 heavy (non-hydrogen) atoms. The number of para-hydroxylation sites is 1. The zero-order chi connectivity index (χ0) is 25.2. The predicted molar refractivity (Wildman–Crippen MR) is 128 cm³/mol. The maximum absolute atomic E-state index is 13.1. The number of nitrogens with zero attached hydrogens (tertiary/aromatic N) is 1. The van der Waals surface area contributed by atoms with Gasteiger partial charge in [0.2, 0.25) is 0 Å². The molecular weight excluding hydrogens is 453 g/mol. The number of carbonyl (C=O) groups is 2. The lowest BCUT2D eigenvalue weighted by molar-refractivity contribution is -0.133. The van der Waals surface area contributed by atoms with Crippen molar-refractivity contribution in [2.24, 2.45) is 0 Å². The van der Waals surface area contributed by atoms with E-state index in [4.69, 9.17) is 18.9 Å². The fourth-order valence-corrected chi connectivity index (χ4v) is 3.28. The van der Waals surface area contributed by atoms with Crippen LogP contribution in [0, 0.1) is 5.82 Å². The highest BCUT2D eigenvalue weighted by Gasteiger charge is 2.17. The Morgan fingerprint density at radius 1 is 0.857 bits per heavy atom. The standard InChI is InChI=1S/C27H28FNO6/c1-29(15-14-19-10-13-24(32-2)25(16-19)33-3)26(30)18-35-27(31)22-6-4-5-7-23(22)34-17-20-8-11-21(28)12-9-20/h4-13,16H,14-15,17-18H2,1-3H3. The molecule has 184 valence electrons. The van der Waals surface area contributed by atoms with Crippen LogP contribution in [0.5, 0.6) is 17.2 Å². The van der Waals surface area contributed by atoms with Gasteiger partial charge in [-0.2, -0.15) is 0 Å². The highest BCUT2D eigenvalue weighted by atomic mass is 19.1. The highest BCUT2D eigenvalue weighted by Crippen LogP contribution is 2.27. The van der Waals surface area contributed by atoms with E-state index in [2.05, 4.69) is 0 Å². The highest BCUT2D eigenvalue weighted by molar-refractivity contribution is 5.94. The van der Waals surface area contributed by atoms with Gasteiger partial charge in [-0.05, 0) is 53.9 Å². The summed E-state index contributed by atoms with van der Waals surface area (Å²) in [5.41, 5.74) is 1.93. The van der Waals surface area contributed by atoms with E-state index in [1.165, 1.54) is 17.0 Å². The van der Waals surface area contributed by atoms with Gasteiger partial charge in [-0.1, -0.05) is 30.3 Å². The van der Waals surface area contributed by atoms with Crippen molar-refractivity contribution in [2.75, 3.05) is 34.4 Å². The van der Waals surface area contributed by atoms with Crippen molar-refractivity contribution in [3.8, 4) is 17.2 Å². The van der Waals surface area contributed by atoms with Crippen molar-refractivity contribution in [2.45, 2.75) is 13.0 Å². The third-order valence-corrected chi connectivity index (χ3v) is 5.35. The SMILES string of the molecule is COc1ccc(CCN(C)C(=O)COC(=O)c2ccccc2OCc2ccc(F)cc2)cc1OC. The summed E-state index contributed by atoms with van der Waals surface area (Å²) >= 11 is 0. The van der Waals surface area contributed by atoms with E-state index in [-0.39, 0.29) is 23.9 Å². The smallest absolute Gasteiger partial charge is 0.342 e. The van der Waals surface area contributed by atoms with Crippen LogP contribution in [0.4, 0.5) is 4.39 Å². The molecule has 0 N–H and O–H groups in total. The molecule has 0 spiro atoms. The molecule has 7 nitrogen and oxygen atoms in total. The molecular formula is C27H28FNO6. The molecule has 0 saturated carbocycles. The summed E-state index contributed by atoms with van der Waals surface area (Å²) in [7, 11) is 4.79. The minimum absolute atomic E-state index is 0.155. The summed E-state index contributed by atoms with van der Waals surface area (Å²) in [4.78, 5) is 26.6. The van der Waals surface area contributed by atoms with Gasteiger partial charge in [0, 0.05) is 13.6 Å². The van der Waals surface area contributed by atoms with Crippen molar-refractivity contribution in [1.29, 1.82) is 0 Å². The van der Waals surface area contributed by atoms with E-state index in [1.54, 1.807) is 57.7 Å². The molecule has 0 atom stereocenters. The second-order valence-corrected chi connectivity index (χ2v) is 7.74. The van der Waals surface area contributed by atoms with Gasteiger partial charge in [-0.25, -0.2) is 9.18 Å². The first kappa shape index (κ1) is 25.6. The van der Waals surface area contributed by atoms with Crippen LogP contribution in [0.3, 0.4) is 0 Å². The Morgan fingerprint density at radius 2 is 1.54 bits per heavy atom. The summed E-state index contributed by atoms with van der Waals surface area (Å²) in [5, 5.41) is 0. The van der Waals surface area contributed by atoms with Crippen LogP contribution >= 0.6 is 0 Å². The first-order chi connectivity index (χ1) is 16.9. The average molecular weight is 482 g/mol. The second-order valence-electron chi connectivity index (χ2n) is 7.74. The fraction of sp³-hybridized carbons (Fsp3) is 0.259. The number of benzene rings is 3. The average Bonchev–Trinajstić information content (AvgIpc) is 2.89. The van der Waals surface area contributed by atoms with Gasteiger partial charge in [0.25, 0.3) is 5.91 Å². The molecule has 0 unspecified atom stereocenters. The number of rotatable bonds is 11. The first-order valence-corrected chi connectivity index (χ1v) is 11.0. The number of hydrogen-bond acceptors (Lipinski definition) is 6. The van der Waals surface area contributed by atoms with Crippen LogP contribution < -0.4 is 14.2 Å². The maximum atomic E-state index is 13.1. The van der Waals surface area contributed by atoms with Gasteiger partial charge in [0.15, 0.2) is 18.1 Å². The number of amides is 1. The van der Waals surface area contributed by atoms with Crippen LogP contribution in [0.15, 0.2) is 66.7 Å². The summed E-state index contributed by atoms with van der Waals surface area (Å²) in [6.45, 7) is 0.194. The Morgan fingerprint density at radius 3 is 2.26 bits per heavy atom. The fourth-order valence-electron chi connectivity index (χ4n) is 3.28. The maximum Gasteiger partial charge on any atom is 0.342 e. The van der Waals surface area contributed by atoms with Crippen LogP contribution in [0.2, 0.25) is 0 Å². The lowest BCUT2D eigenvalue weighted by atomic mass is 10.1. The molecule has 3 aromatic rings. The molecule has 3 aromatic carbocycles. The van der Waals surface area contributed by atoms with E-state index in [0.717, 1.165) is 11.1 Å². The van der Waals surface area contributed by atoms with Crippen LogP contribution in [0.1, 0.15) is 21.5 Å². The van der Waals surface area contributed by atoms with Gasteiger partial charge in [0.1, 0.15) is 23.7 Å². The van der Waals surface area contributed by atoms with Crippen molar-refractivity contribution >= 4 is 11.9 Å². The van der Waals surface area contributed by atoms with E-state index >= 15 is 0 Å². The summed E-state index contributed by atoms with van der Waals surface area (Å²) < 4.78 is 34.6. The molecule has 0 bridgehead atoms. The zero-order valence-corrected chi connectivity index (χ0v) is 20.0. The van der Waals surface area contributed by atoms with Crippen molar-refractivity contribution in [3.05, 3.63) is 89.2 Å². The van der Waals surface area contributed by atoms with Gasteiger partial charge in [-0.15, -0.1) is 0 Å². The molecule has 0 aliphatic rings.